The Bertz CT molecular complexity index is 1260. The van der Waals surface area contributed by atoms with E-state index in [1.165, 1.54) is 24.3 Å². The van der Waals surface area contributed by atoms with Crippen molar-refractivity contribution in [3.05, 3.63) is 101 Å². The molecule has 0 aliphatic carbocycles. The van der Waals surface area contributed by atoms with Crippen molar-refractivity contribution in [3.63, 3.8) is 0 Å². The molecule has 0 aliphatic rings. The fraction of sp³-hybridized carbons (Fsp3) is 0.185. The minimum Gasteiger partial charge on any atom is -0.458 e. The van der Waals surface area contributed by atoms with Gasteiger partial charge in [-0.15, -0.1) is 0 Å². The van der Waals surface area contributed by atoms with Gasteiger partial charge in [0.05, 0.1) is 5.56 Å². The number of alkyl halides is 5. The molecule has 3 aromatic carbocycles. The third-order valence-corrected chi connectivity index (χ3v) is 4.83. The van der Waals surface area contributed by atoms with Crippen LogP contribution in [0.4, 0.5) is 22.0 Å². The number of carbonyl (C=O) groups is 2. The van der Waals surface area contributed by atoms with E-state index in [1.807, 2.05) is 32.0 Å². The van der Waals surface area contributed by atoms with E-state index in [0.29, 0.717) is 5.56 Å². The van der Waals surface area contributed by atoms with Crippen molar-refractivity contribution in [2.24, 2.45) is 0 Å². The van der Waals surface area contributed by atoms with Crippen molar-refractivity contribution in [1.82, 2.24) is 0 Å². The molecule has 0 unspecified atom stereocenters. The van der Waals surface area contributed by atoms with Crippen molar-refractivity contribution in [3.8, 4) is 11.5 Å². The molecule has 0 N–H and O–H groups in total. The topological polar surface area (TPSA) is 61.8 Å². The van der Waals surface area contributed by atoms with E-state index in [9.17, 15) is 31.5 Å². The summed E-state index contributed by atoms with van der Waals surface area (Å²) in [5.41, 5.74) is 3.54. The average Bonchev–Trinajstić information content (AvgIpc) is 2.81. The third-order valence-electron chi connectivity index (χ3n) is 4.83. The van der Waals surface area contributed by atoms with E-state index in [-0.39, 0.29) is 17.9 Å². The lowest BCUT2D eigenvalue weighted by Crippen LogP contribution is -2.41. The maximum absolute atomic E-state index is 13.0. The zero-order valence-corrected chi connectivity index (χ0v) is 19.6. The standard InChI is InChI=1S/C27H21F5O5/c1-17-13-18(2)15-20(14-17)16-35-24(33)12-5-19-3-8-22(9-4-19)36-25(34)21-6-10-23(11-7-21)37-27(31,32)26(28,29)30/h3-15H,16H2,1-2H3/b12-5+. The average molecular weight is 520 g/mol. The number of hydrogen-bond donors (Lipinski definition) is 0. The molecule has 5 nitrogen and oxygen atoms in total. The second-order valence-electron chi connectivity index (χ2n) is 8.04. The zero-order chi connectivity index (χ0) is 27.2. The summed E-state index contributed by atoms with van der Waals surface area (Å²) in [6.07, 6.45) is -8.48. The predicted octanol–water partition coefficient (Wildman–Crippen LogP) is 6.81. The van der Waals surface area contributed by atoms with E-state index in [1.54, 1.807) is 12.1 Å². The van der Waals surface area contributed by atoms with Crippen LogP contribution >= 0.6 is 0 Å². The molecule has 0 saturated carbocycles. The Morgan fingerprint density at radius 3 is 1.95 bits per heavy atom. The van der Waals surface area contributed by atoms with Crippen LogP contribution < -0.4 is 9.47 Å². The molecule has 0 amide bonds. The smallest absolute Gasteiger partial charge is 0.458 e. The van der Waals surface area contributed by atoms with Crippen LogP contribution in [0.1, 0.15) is 32.6 Å². The van der Waals surface area contributed by atoms with Crippen LogP contribution in [0.15, 0.2) is 72.8 Å². The second kappa shape index (κ2) is 11.2. The molecule has 0 atom stereocenters. The van der Waals surface area contributed by atoms with Crippen molar-refractivity contribution in [2.75, 3.05) is 0 Å². The maximum atomic E-state index is 13.0. The molecular formula is C27H21F5O5. The molecule has 37 heavy (non-hydrogen) atoms. The molecule has 0 bridgehead atoms. The molecule has 0 aromatic heterocycles. The van der Waals surface area contributed by atoms with Gasteiger partial charge in [-0.25, -0.2) is 9.59 Å². The van der Waals surface area contributed by atoms with Gasteiger partial charge in [0.1, 0.15) is 18.1 Å². The number of carbonyl (C=O) groups excluding carboxylic acids is 2. The highest BCUT2D eigenvalue weighted by Gasteiger charge is 2.61. The van der Waals surface area contributed by atoms with Gasteiger partial charge >= 0.3 is 24.2 Å². The number of halogens is 5. The van der Waals surface area contributed by atoms with E-state index >= 15 is 0 Å². The number of esters is 2. The summed E-state index contributed by atoms with van der Waals surface area (Å²) in [6, 6.07) is 15.5. The van der Waals surface area contributed by atoms with E-state index in [4.69, 9.17) is 9.47 Å². The SMILES string of the molecule is Cc1cc(C)cc(COC(=O)/C=C/c2ccc(OC(=O)c3ccc(OC(F)(F)C(F)(F)F)cc3)cc2)c1. The summed E-state index contributed by atoms with van der Waals surface area (Å²) in [6.45, 7) is 4.05. The summed E-state index contributed by atoms with van der Waals surface area (Å²) >= 11 is 0. The van der Waals surface area contributed by atoms with Crippen LogP contribution in [-0.4, -0.2) is 24.2 Å². The monoisotopic (exact) mass is 520 g/mol. The molecular weight excluding hydrogens is 499 g/mol. The first-order chi connectivity index (χ1) is 17.3. The Balaban J connectivity index is 1.52. The number of hydrogen-bond acceptors (Lipinski definition) is 5. The number of benzene rings is 3. The molecule has 10 heteroatoms. The lowest BCUT2D eigenvalue weighted by Gasteiger charge is -2.20. The van der Waals surface area contributed by atoms with Gasteiger partial charge in [-0.1, -0.05) is 41.5 Å². The minimum absolute atomic E-state index is 0.0989. The van der Waals surface area contributed by atoms with Crippen LogP contribution in [0, 0.1) is 13.8 Å². The first-order valence-electron chi connectivity index (χ1n) is 10.8. The van der Waals surface area contributed by atoms with Crippen molar-refractivity contribution in [1.29, 1.82) is 0 Å². The fourth-order valence-corrected chi connectivity index (χ4v) is 3.20. The molecule has 0 saturated heterocycles. The Labute approximate surface area is 209 Å². The zero-order valence-electron chi connectivity index (χ0n) is 19.6. The van der Waals surface area contributed by atoms with Crippen LogP contribution in [-0.2, 0) is 16.1 Å². The summed E-state index contributed by atoms with van der Waals surface area (Å²) < 4.78 is 76.7. The van der Waals surface area contributed by atoms with Gasteiger partial charge in [0.25, 0.3) is 0 Å². The van der Waals surface area contributed by atoms with Crippen LogP contribution in [0.25, 0.3) is 6.08 Å². The fourth-order valence-electron chi connectivity index (χ4n) is 3.20. The first-order valence-corrected chi connectivity index (χ1v) is 10.8. The van der Waals surface area contributed by atoms with Gasteiger partial charge in [-0.2, -0.15) is 22.0 Å². The summed E-state index contributed by atoms with van der Waals surface area (Å²) in [7, 11) is 0. The molecule has 3 rings (SSSR count). The lowest BCUT2D eigenvalue weighted by atomic mass is 10.1. The molecule has 194 valence electrons. The van der Waals surface area contributed by atoms with Gasteiger partial charge in [-0.3, -0.25) is 0 Å². The van der Waals surface area contributed by atoms with Crippen molar-refractivity contribution < 1.29 is 45.8 Å². The number of ether oxygens (including phenoxy) is 3. The second-order valence-corrected chi connectivity index (χ2v) is 8.04. The third kappa shape index (κ3) is 7.89. The van der Waals surface area contributed by atoms with E-state index < -0.39 is 30.0 Å². The molecule has 3 aromatic rings. The Kier molecular flexibility index (Phi) is 8.31. The Hall–Kier alpha value is -4.21. The highest BCUT2D eigenvalue weighted by Crippen LogP contribution is 2.37. The van der Waals surface area contributed by atoms with Crippen LogP contribution in [0.3, 0.4) is 0 Å². The number of rotatable bonds is 8. The largest absolute Gasteiger partial charge is 0.499 e. The molecule has 0 radical (unpaired) electrons. The molecule has 0 fully saturated rings. The van der Waals surface area contributed by atoms with Gasteiger partial charge in [-0.05, 0) is 67.4 Å². The summed E-state index contributed by atoms with van der Waals surface area (Å²) in [4.78, 5) is 24.2. The van der Waals surface area contributed by atoms with Gasteiger partial charge in [0.15, 0.2) is 0 Å². The quantitative estimate of drug-likeness (QED) is 0.141. The number of aryl methyl sites for hydroxylation is 2. The summed E-state index contributed by atoms with van der Waals surface area (Å²) in [5.74, 6) is -2.03. The molecule has 0 heterocycles. The Morgan fingerprint density at radius 2 is 1.38 bits per heavy atom. The lowest BCUT2D eigenvalue weighted by molar-refractivity contribution is -0.360. The van der Waals surface area contributed by atoms with Gasteiger partial charge in [0.2, 0.25) is 0 Å². The van der Waals surface area contributed by atoms with Crippen molar-refractivity contribution in [2.45, 2.75) is 32.7 Å². The highest BCUT2D eigenvalue weighted by atomic mass is 19.4. The van der Waals surface area contributed by atoms with Gasteiger partial charge < -0.3 is 14.2 Å². The van der Waals surface area contributed by atoms with E-state index in [0.717, 1.165) is 41.0 Å². The van der Waals surface area contributed by atoms with Crippen LogP contribution in [0.5, 0.6) is 11.5 Å². The van der Waals surface area contributed by atoms with Crippen LogP contribution in [0.2, 0.25) is 0 Å². The first kappa shape index (κ1) is 27.4. The molecule has 0 aliphatic heterocycles. The van der Waals surface area contributed by atoms with Crippen molar-refractivity contribution >= 4 is 18.0 Å². The minimum atomic E-state index is -5.88. The molecule has 0 spiro atoms. The predicted molar refractivity (Wildman–Crippen MR) is 124 cm³/mol. The maximum Gasteiger partial charge on any atom is 0.499 e. The van der Waals surface area contributed by atoms with Gasteiger partial charge in [0, 0.05) is 6.08 Å². The normalized spacial score (nSPS) is 11.9. The Morgan fingerprint density at radius 1 is 0.811 bits per heavy atom. The van der Waals surface area contributed by atoms with E-state index in [2.05, 4.69) is 4.74 Å². The highest BCUT2D eigenvalue weighted by molar-refractivity contribution is 5.91. The summed E-state index contributed by atoms with van der Waals surface area (Å²) in [5, 5.41) is 0.